The van der Waals surface area contributed by atoms with Gasteiger partial charge in [-0.3, -0.25) is 4.79 Å². The lowest BCUT2D eigenvalue weighted by Gasteiger charge is -2.09. The molecule has 0 aliphatic carbocycles. The second-order valence-electron chi connectivity index (χ2n) is 5.49. The quantitative estimate of drug-likeness (QED) is 0.676. The van der Waals surface area contributed by atoms with E-state index >= 15 is 0 Å². The van der Waals surface area contributed by atoms with Crippen LogP contribution in [0.15, 0.2) is 34.2 Å². The molecule has 0 saturated carbocycles. The monoisotopic (exact) mass is 338 g/mol. The van der Waals surface area contributed by atoms with Gasteiger partial charge in [-0.25, -0.2) is 0 Å². The summed E-state index contributed by atoms with van der Waals surface area (Å²) in [6.45, 7) is 6.87. The largest absolute Gasteiger partial charge is 0.416 e. The van der Waals surface area contributed by atoms with Crippen molar-refractivity contribution in [1.82, 2.24) is 4.98 Å². The van der Waals surface area contributed by atoms with Crippen molar-refractivity contribution in [2.45, 2.75) is 33.9 Å². The molecular formula is C17H17F3N2O2. The number of aromatic amines is 1. The Morgan fingerprint density at radius 2 is 1.67 bits per heavy atom. The zero-order valence-corrected chi connectivity index (χ0v) is 13.7. The summed E-state index contributed by atoms with van der Waals surface area (Å²) in [6, 6.07) is 4.18. The van der Waals surface area contributed by atoms with Gasteiger partial charge < -0.3 is 9.82 Å². The van der Waals surface area contributed by atoms with Crippen molar-refractivity contribution in [3.8, 4) is 5.75 Å². The van der Waals surface area contributed by atoms with Gasteiger partial charge in [-0.15, -0.1) is 0 Å². The summed E-state index contributed by atoms with van der Waals surface area (Å²) in [5.74, 6) is 0.153. The summed E-state index contributed by atoms with van der Waals surface area (Å²) >= 11 is 0. The fraction of sp³-hybridized carbons (Fsp3) is 0.294. The maximum absolute atomic E-state index is 12.5. The zero-order valence-electron chi connectivity index (χ0n) is 13.7. The molecule has 0 bridgehead atoms. The van der Waals surface area contributed by atoms with Crippen LogP contribution in [0.2, 0.25) is 0 Å². The van der Waals surface area contributed by atoms with Gasteiger partial charge in [-0.2, -0.15) is 13.2 Å². The summed E-state index contributed by atoms with van der Waals surface area (Å²) in [6.07, 6.45) is -4.40. The van der Waals surface area contributed by atoms with Crippen LogP contribution in [-0.2, 0) is 6.18 Å². The fourth-order valence-corrected chi connectivity index (χ4v) is 2.27. The Morgan fingerprint density at radius 3 is 2.21 bits per heavy atom. The molecule has 0 radical (unpaired) electrons. The number of hydrogen-bond donors (Lipinski definition) is 1. The Kier molecular flexibility index (Phi) is 4.82. The van der Waals surface area contributed by atoms with Gasteiger partial charge in [0, 0.05) is 17.0 Å². The summed E-state index contributed by atoms with van der Waals surface area (Å²) in [5.41, 5.74) is 1.83. The zero-order chi connectivity index (χ0) is 18.1. The Balaban J connectivity index is 2.27. The molecule has 1 N–H and O–H groups in total. The van der Waals surface area contributed by atoms with E-state index in [2.05, 4.69) is 10.1 Å². The minimum atomic E-state index is -4.40. The van der Waals surface area contributed by atoms with Gasteiger partial charge in [0.1, 0.15) is 0 Å². The highest BCUT2D eigenvalue weighted by atomic mass is 19.4. The maximum atomic E-state index is 12.5. The average molecular weight is 338 g/mol. The molecule has 4 nitrogen and oxygen atoms in total. The van der Waals surface area contributed by atoms with Gasteiger partial charge in [0.15, 0.2) is 11.2 Å². The number of hydrogen-bond acceptors (Lipinski definition) is 3. The van der Waals surface area contributed by atoms with Crippen LogP contribution >= 0.6 is 0 Å². The van der Waals surface area contributed by atoms with Crippen LogP contribution in [0.1, 0.15) is 35.0 Å². The summed E-state index contributed by atoms with van der Waals surface area (Å²) in [4.78, 5) is 20.6. The van der Waals surface area contributed by atoms with E-state index in [4.69, 9.17) is 4.84 Å². The first-order chi connectivity index (χ1) is 11.1. The lowest BCUT2D eigenvalue weighted by molar-refractivity contribution is -0.137. The Hall–Kier alpha value is -2.57. The predicted octanol–water partition coefficient (Wildman–Crippen LogP) is 4.12. The number of benzene rings is 1. The number of nitrogens with one attached hydrogen (secondary N) is 1. The minimum absolute atomic E-state index is 0.152. The van der Waals surface area contributed by atoms with Crippen molar-refractivity contribution >= 4 is 5.71 Å². The second kappa shape index (κ2) is 6.51. The molecule has 2 rings (SSSR count). The molecule has 1 heterocycles. The number of oxime groups is 1. The summed E-state index contributed by atoms with van der Waals surface area (Å²) in [7, 11) is 0. The third-order valence-electron chi connectivity index (χ3n) is 3.71. The van der Waals surface area contributed by atoms with E-state index in [0.29, 0.717) is 22.5 Å². The van der Waals surface area contributed by atoms with E-state index in [1.807, 2.05) is 0 Å². The van der Waals surface area contributed by atoms with Crippen LogP contribution in [-0.4, -0.2) is 10.7 Å². The molecule has 0 unspecified atom stereocenters. The number of alkyl halides is 3. The normalized spacial score (nSPS) is 12.4. The molecule has 0 aliphatic rings. The predicted molar refractivity (Wildman–Crippen MR) is 85.6 cm³/mol. The van der Waals surface area contributed by atoms with E-state index in [-0.39, 0.29) is 11.2 Å². The first-order valence-corrected chi connectivity index (χ1v) is 7.20. The van der Waals surface area contributed by atoms with Crippen LogP contribution in [0.25, 0.3) is 0 Å². The Labute approximate surface area is 137 Å². The Bertz CT molecular complexity index is 835. The van der Waals surface area contributed by atoms with Gasteiger partial charge in [-0.05, 0) is 52.0 Å². The van der Waals surface area contributed by atoms with Crippen molar-refractivity contribution in [3.63, 3.8) is 0 Å². The van der Waals surface area contributed by atoms with Crippen molar-refractivity contribution in [1.29, 1.82) is 0 Å². The summed E-state index contributed by atoms with van der Waals surface area (Å²) < 4.78 is 37.5. The fourth-order valence-electron chi connectivity index (χ4n) is 2.27. The van der Waals surface area contributed by atoms with Crippen LogP contribution in [0.5, 0.6) is 5.75 Å². The maximum Gasteiger partial charge on any atom is 0.416 e. The smallest absolute Gasteiger partial charge is 0.362 e. The number of halogens is 3. The lowest BCUT2D eigenvalue weighted by Crippen LogP contribution is -2.21. The number of aryl methyl sites for hydroxylation is 2. The van der Waals surface area contributed by atoms with Gasteiger partial charge in [-0.1, -0.05) is 5.16 Å². The number of pyridine rings is 1. The molecule has 0 spiro atoms. The van der Waals surface area contributed by atoms with Crippen LogP contribution < -0.4 is 10.3 Å². The molecule has 0 fully saturated rings. The lowest BCUT2D eigenvalue weighted by atomic mass is 10.1. The van der Waals surface area contributed by atoms with Gasteiger partial charge in [0.25, 0.3) is 0 Å². The van der Waals surface area contributed by atoms with Crippen LogP contribution in [0.3, 0.4) is 0 Å². The van der Waals surface area contributed by atoms with Crippen LogP contribution in [0, 0.1) is 20.8 Å². The first-order valence-electron chi connectivity index (χ1n) is 7.20. The molecule has 0 aliphatic heterocycles. The van der Waals surface area contributed by atoms with Crippen molar-refractivity contribution in [2.24, 2.45) is 5.16 Å². The number of H-pyrrole nitrogens is 1. The molecule has 2 aromatic rings. The molecule has 128 valence electrons. The van der Waals surface area contributed by atoms with Gasteiger partial charge in [0.05, 0.1) is 16.8 Å². The Morgan fingerprint density at radius 1 is 1.08 bits per heavy atom. The van der Waals surface area contributed by atoms with E-state index in [9.17, 15) is 18.0 Å². The molecule has 1 aromatic carbocycles. The van der Waals surface area contributed by atoms with E-state index < -0.39 is 11.7 Å². The molecule has 7 heteroatoms. The second-order valence-corrected chi connectivity index (χ2v) is 5.49. The van der Waals surface area contributed by atoms with Crippen molar-refractivity contribution in [3.05, 3.63) is 62.6 Å². The summed E-state index contributed by atoms with van der Waals surface area (Å²) in [5, 5.41) is 3.86. The third-order valence-corrected chi connectivity index (χ3v) is 3.71. The highest BCUT2D eigenvalue weighted by Crippen LogP contribution is 2.30. The minimum Gasteiger partial charge on any atom is -0.362 e. The molecule has 24 heavy (non-hydrogen) atoms. The number of rotatable bonds is 3. The van der Waals surface area contributed by atoms with Gasteiger partial charge in [0.2, 0.25) is 0 Å². The van der Waals surface area contributed by atoms with Crippen molar-refractivity contribution < 1.29 is 18.0 Å². The van der Waals surface area contributed by atoms with E-state index in [1.165, 1.54) is 12.1 Å². The molecular weight excluding hydrogens is 321 g/mol. The third kappa shape index (κ3) is 3.67. The van der Waals surface area contributed by atoms with E-state index in [0.717, 1.165) is 17.8 Å². The van der Waals surface area contributed by atoms with Crippen molar-refractivity contribution in [2.75, 3.05) is 0 Å². The highest BCUT2D eigenvalue weighted by molar-refractivity contribution is 5.99. The standard InChI is InChI=1S/C17H17F3N2O2/c1-9-10(2)21-11(3)15(16(9)23)12(4)22-24-14-7-5-13(6-8-14)17(18,19)20/h5-8H,1-4H3,(H,21,23)/b22-12+. The first kappa shape index (κ1) is 17.8. The SMILES string of the molecule is C/C(=N\Oc1ccc(C(F)(F)F)cc1)c1c(C)[nH]c(C)c(C)c1=O. The molecule has 0 saturated heterocycles. The topological polar surface area (TPSA) is 54.4 Å². The number of aromatic nitrogens is 1. The molecule has 0 atom stereocenters. The van der Waals surface area contributed by atoms with E-state index in [1.54, 1.807) is 27.7 Å². The van der Waals surface area contributed by atoms with Gasteiger partial charge >= 0.3 is 6.18 Å². The highest BCUT2D eigenvalue weighted by Gasteiger charge is 2.30. The molecule has 0 amide bonds. The molecule has 1 aromatic heterocycles. The average Bonchev–Trinajstić information content (AvgIpc) is 2.50. The van der Waals surface area contributed by atoms with Crippen LogP contribution in [0.4, 0.5) is 13.2 Å². The number of nitrogens with zero attached hydrogens (tertiary/aromatic N) is 1.